The lowest BCUT2D eigenvalue weighted by atomic mass is 9.64. The fourth-order valence-electron chi connectivity index (χ4n) is 3.47. The fraction of sp³-hybridized carbons (Fsp3) is 0.611. The molecule has 4 N–H and O–H groups in total. The highest BCUT2D eigenvalue weighted by Crippen LogP contribution is 2.45. The smallest absolute Gasteiger partial charge is 0.238 e. The zero-order valence-corrected chi connectivity index (χ0v) is 16.2. The molecule has 25 heavy (non-hydrogen) atoms. The summed E-state index contributed by atoms with van der Waals surface area (Å²) in [5, 5.41) is 11.8. The minimum Gasteiger partial charge on any atom is -0.356 e. The average molecular weight is 367 g/mol. The van der Waals surface area contributed by atoms with Crippen LogP contribution in [0, 0.1) is 11.3 Å². The van der Waals surface area contributed by atoms with E-state index in [2.05, 4.69) is 29.5 Å². The molecule has 140 valence electrons. The van der Waals surface area contributed by atoms with E-state index in [-0.39, 0.29) is 4.90 Å². The van der Waals surface area contributed by atoms with E-state index in [1.807, 2.05) is 0 Å². The van der Waals surface area contributed by atoms with Gasteiger partial charge in [-0.3, -0.25) is 4.99 Å². The first-order chi connectivity index (χ1) is 11.7. The van der Waals surface area contributed by atoms with E-state index in [1.165, 1.54) is 37.8 Å². The molecule has 2 rings (SSSR count). The maximum atomic E-state index is 11.3. The Balaban J connectivity index is 1.86. The van der Waals surface area contributed by atoms with Gasteiger partial charge in [0.2, 0.25) is 10.0 Å². The number of benzene rings is 1. The van der Waals surface area contributed by atoms with Crippen LogP contribution in [-0.2, 0) is 16.6 Å². The lowest BCUT2D eigenvalue weighted by Crippen LogP contribution is -2.46. The standard InChI is InChI=1S/C18H30N4O2S/c1-14(2)11-18(9-4-10-18)13-22-17(20-3)21-12-15-5-7-16(8-6-15)25(19,23)24/h5-8,14H,4,9-13H2,1-3H3,(H2,19,23,24)(H2,20,21,22). The Hall–Kier alpha value is -1.60. The number of primary sulfonamides is 1. The third kappa shape index (κ3) is 5.71. The van der Waals surface area contributed by atoms with Gasteiger partial charge in [-0.2, -0.15) is 0 Å². The fourth-order valence-corrected chi connectivity index (χ4v) is 3.99. The van der Waals surface area contributed by atoms with Crippen molar-refractivity contribution >= 4 is 16.0 Å². The second-order valence-electron chi connectivity index (χ2n) is 7.42. The van der Waals surface area contributed by atoms with Crippen LogP contribution in [0.25, 0.3) is 0 Å². The number of aliphatic imine (C=N–C) groups is 1. The number of hydrogen-bond donors (Lipinski definition) is 3. The van der Waals surface area contributed by atoms with Gasteiger partial charge in [0.25, 0.3) is 0 Å². The molecule has 1 aromatic carbocycles. The normalized spacial score (nSPS) is 17.2. The number of nitrogens with zero attached hydrogens (tertiary/aromatic N) is 1. The van der Waals surface area contributed by atoms with Crippen LogP contribution in [-0.4, -0.2) is 28.0 Å². The summed E-state index contributed by atoms with van der Waals surface area (Å²) in [5.74, 6) is 1.47. The Morgan fingerprint density at radius 3 is 2.32 bits per heavy atom. The van der Waals surface area contributed by atoms with Gasteiger partial charge in [-0.15, -0.1) is 0 Å². The van der Waals surface area contributed by atoms with E-state index < -0.39 is 10.0 Å². The van der Waals surface area contributed by atoms with Gasteiger partial charge in [0.1, 0.15) is 0 Å². The first kappa shape index (κ1) is 19.7. The summed E-state index contributed by atoms with van der Waals surface area (Å²) in [6, 6.07) is 6.56. The second-order valence-corrected chi connectivity index (χ2v) is 8.98. The van der Waals surface area contributed by atoms with Crippen LogP contribution in [0.3, 0.4) is 0 Å². The van der Waals surface area contributed by atoms with Gasteiger partial charge in [-0.25, -0.2) is 13.6 Å². The molecule has 0 unspecified atom stereocenters. The van der Waals surface area contributed by atoms with E-state index >= 15 is 0 Å². The van der Waals surface area contributed by atoms with Crippen LogP contribution in [0.4, 0.5) is 0 Å². The molecule has 1 aromatic rings. The van der Waals surface area contributed by atoms with Crippen molar-refractivity contribution in [2.45, 2.75) is 51.0 Å². The van der Waals surface area contributed by atoms with Crippen molar-refractivity contribution < 1.29 is 8.42 Å². The van der Waals surface area contributed by atoms with Crippen molar-refractivity contribution in [2.75, 3.05) is 13.6 Å². The number of hydrogen-bond acceptors (Lipinski definition) is 3. The van der Waals surface area contributed by atoms with Gasteiger partial charge in [0, 0.05) is 20.1 Å². The Labute approximate surface area is 151 Å². The number of rotatable bonds is 7. The zero-order chi connectivity index (χ0) is 18.5. The molecule has 0 radical (unpaired) electrons. The summed E-state index contributed by atoms with van der Waals surface area (Å²) in [4.78, 5) is 4.40. The topological polar surface area (TPSA) is 96.6 Å². The maximum absolute atomic E-state index is 11.3. The van der Waals surface area contributed by atoms with Gasteiger partial charge < -0.3 is 10.6 Å². The molecule has 0 spiro atoms. The van der Waals surface area contributed by atoms with E-state index in [0.29, 0.717) is 17.9 Å². The first-order valence-electron chi connectivity index (χ1n) is 8.80. The molecular formula is C18H30N4O2S. The highest BCUT2D eigenvalue weighted by Gasteiger charge is 2.37. The third-order valence-corrected chi connectivity index (χ3v) is 5.75. The van der Waals surface area contributed by atoms with Gasteiger partial charge >= 0.3 is 0 Å². The lowest BCUT2D eigenvalue weighted by molar-refractivity contribution is 0.104. The summed E-state index contributed by atoms with van der Waals surface area (Å²) in [6.07, 6.45) is 5.12. The molecule has 0 saturated heterocycles. The predicted molar refractivity (Wildman–Crippen MR) is 102 cm³/mol. The van der Waals surface area contributed by atoms with Gasteiger partial charge in [-0.1, -0.05) is 32.4 Å². The predicted octanol–water partition coefficient (Wildman–Crippen LogP) is 2.22. The van der Waals surface area contributed by atoms with Crippen LogP contribution in [0.2, 0.25) is 0 Å². The minimum atomic E-state index is -3.64. The van der Waals surface area contributed by atoms with Crippen LogP contribution >= 0.6 is 0 Å². The monoisotopic (exact) mass is 366 g/mol. The molecule has 0 bridgehead atoms. The average Bonchev–Trinajstić information content (AvgIpc) is 2.51. The molecule has 0 amide bonds. The summed E-state index contributed by atoms with van der Waals surface area (Å²) in [7, 11) is -1.88. The Morgan fingerprint density at radius 1 is 1.24 bits per heavy atom. The van der Waals surface area contributed by atoms with Gasteiger partial charge in [0.15, 0.2) is 5.96 Å². The van der Waals surface area contributed by atoms with Crippen molar-refractivity contribution in [1.82, 2.24) is 10.6 Å². The van der Waals surface area contributed by atoms with Crippen molar-refractivity contribution in [2.24, 2.45) is 21.5 Å². The Kier molecular flexibility index (Phi) is 6.46. The van der Waals surface area contributed by atoms with Crippen molar-refractivity contribution in [3.05, 3.63) is 29.8 Å². The second kappa shape index (κ2) is 8.19. The molecular weight excluding hydrogens is 336 g/mol. The maximum Gasteiger partial charge on any atom is 0.238 e. The quantitative estimate of drug-likeness (QED) is 0.509. The highest BCUT2D eigenvalue weighted by atomic mass is 32.2. The van der Waals surface area contributed by atoms with Crippen molar-refractivity contribution in [3.8, 4) is 0 Å². The minimum absolute atomic E-state index is 0.124. The third-order valence-electron chi connectivity index (χ3n) is 4.82. The highest BCUT2D eigenvalue weighted by molar-refractivity contribution is 7.89. The van der Waals surface area contributed by atoms with E-state index in [1.54, 1.807) is 19.2 Å². The van der Waals surface area contributed by atoms with E-state index in [0.717, 1.165) is 18.1 Å². The van der Waals surface area contributed by atoms with Crippen LogP contribution in [0.5, 0.6) is 0 Å². The van der Waals surface area contributed by atoms with Gasteiger partial charge in [0.05, 0.1) is 4.90 Å². The van der Waals surface area contributed by atoms with E-state index in [9.17, 15) is 8.42 Å². The first-order valence-corrected chi connectivity index (χ1v) is 10.3. The molecule has 0 atom stereocenters. The van der Waals surface area contributed by atoms with Gasteiger partial charge in [-0.05, 0) is 48.3 Å². The molecule has 6 nitrogen and oxygen atoms in total. The number of nitrogens with one attached hydrogen (secondary N) is 2. The molecule has 7 heteroatoms. The molecule has 0 aromatic heterocycles. The summed E-state index contributed by atoms with van der Waals surface area (Å²) in [5.41, 5.74) is 1.37. The van der Waals surface area contributed by atoms with Crippen molar-refractivity contribution in [3.63, 3.8) is 0 Å². The Morgan fingerprint density at radius 2 is 1.88 bits per heavy atom. The molecule has 1 fully saturated rings. The lowest BCUT2D eigenvalue weighted by Gasteiger charge is -2.43. The number of sulfonamides is 1. The van der Waals surface area contributed by atoms with Crippen LogP contribution < -0.4 is 15.8 Å². The zero-order valence-electron chi connectivity index (χ0n) is 15.4. The molecule has 1 aliphatic carbocycles. The number of guanidine groups is 1. The summed E-state index contributed by atoms with van der Waals surface area (Å²) in [6.45, 7) is 6.06. The summed E-state index contributed by atoms with van der Waals surface area (Å²) < 4.78 is 22.6. The molecule has 0 heterocycles. The van der Waals surface area contributed by atoms with Crippen LogP contribution in [0.1, 0.15) is 45.1 Å². The molecule has 1 aliphatic rings. The SMILES string of the molecule is CN=C(NCc1ccc(S(N)(=O)=O)cc1)NCC1(CC(C)C)CCC1. The Bertz CT molecular complexity index is 692. The van der Waals surface area contributed by atoms with Crippen molar-refractivity contribution in [1.29, 1.82) is 0 Å². The summed E-state index contributed by atoms with van der Waals surface area (Å²) >= 11 is 0. The molecule has 0 aliphatic heterocycles. The largest absolute Gasteiger partial charge is 0.356 e. The molecule has 1 saturated carbocycles. The van der Waals surface area contributed by atoms with E-state index in [4.69, 9.17) is 5.14 Å². The number of nitrogens with two attached hydrogens (primary N) is 1. The van der Waals surface area contributed by atoms with Crippen LogP contribution in [0.15, 0.2) is 34.2 Å².